The zero-order chi connectivity index (χ0) is 8.69. The Labute approximate surface area is 83.4 Å². The molecule has 0 spiro atoms. The summed E-state index contributed by atoms with van der Waals surface area (Å²) in [7, 11) is 1.64. The predicted molar refractivity (Wildman–Crippen MR) is 62.5 cm³/mol. The van der Waals surface area contributed by atoms with Crippen molar-refractivity contribution in [2.75, 3.05) is 6.26 Å². The fourth-order valence-corrected chi connectivity index (χ4v) is 2.53. The van der Waals surface area contributed by atoms with Crippen molar-refractivity contribution in [3.8, 4) is 0 Å². The molecule has 0 nitrogen and oxygen atoms in total. The van der Waals surface area contributed by atoms with E-state index in [2.05, 4.69) is 43.2 Å². The summed E-state index contributed by atoms with van der Waals surface area (Å²) in [6, 6.07) is 0. The molecule has 66 valence electrons. The summed E-state index contributed by atoms with van der Waals surface area (Å²) in [6.07, 6.45) is 5.53. The molecular formula is C8H16S3. The first-order valence-corrected chi connectivity index (χ1v) is 6.97. The molecule has 0 aromatic carbocycles. The maximum atomic E-state index is 4.24. The average molecular weight is 208 g/mol. The molecule has 0 aliphatic rings. The van der Waals surface area contributed by atoms with Crippen molar-refractivity contribution < 1.29 is 0 Å². The highest BCUT2D eigenvalue weighted by atomic mass is 33.1. The van der Waals surface area contributed by atoms with E-state index in [0.29, 0.717) is 5.25 Å². The van der Waals surface area contributed by atoms with Crippen molar-refractivity contribution >= 4 is 34.2 Å². The molecule has 0 bridgehead atoms. The van der Waals surface area contributed by atoms with Gasteiger partial charge < -0.3 is 0 Å². The third-order valence-corrected chi connectivity index (χ3v) is 3.76. The van der Waals surface area contributed by atoms with Crippen LogP contribution in [0, 0.1) is 5.92 Å². The first-order valence-electron chi connectivity index (χ1n) is 3.75. The number of rotatable bonds is 5. The molecular weight excluding hydrogens is 192 g/mol. The molecule has 0 N–H and O–H groups in total. The highest BCUT2D eigenvalue weighted by molar-refractivity contribution is 8.68. The summed E-state index contributed by atoms with van der Waals surface area (Å²) in [5, 5.41) is 2.70. The lowest BCUT2D eigenvalue weighted by Gasteiger charge is -2.15. The quantitative estimate of drug-likeness (QED) is 0.538. The Kier molecular flexibility index (Phi) is 7.97. The largest absolute Gasteiger partial charge is 0.138 e. The monoisotopic (exact) mass is 208 g/mol. The van der Waals surface area contributed by atoms with Crippen molar-refractivity contribution in [1.82, 2.24) is 0 Å². The van der Waals surface area contributed by atoms with Gasteiger partial charge in [0.25, 0.3) is 0 Å². The van der Waals surface area contributed by atoms with Gasteiger partial charge in [-0.25, -0.2) is 0 Å². The minimum atomic E-state index is 0.566. The van der Waals surface area contributed by atoms with E-state index in [4.69, 9.17) is 0 Å². The Morgan fingerprint density at radius 3 is 2.55 bits per heavy atom. The maximum Gasteiger partial charge on any atom is 0.0362 e. The number of hydrogen-bond donors (Lipinski definition) is 1. The second-order valence-electron chi connectivity index (χ2n) is 2.52. The molecule has 0 saturated heterocycles. The van der Waals surface area contributed by atoms with E-state index in [1.54, 1.807) is 22.6 Å². The number of hydrogen-bond acceptors (Lipinski definition) is 3. The Bertz CT molecular complexity index is 112. The zero-order valence-corrected chi connectivity index (χ0v) is 9.81. The average Bonchev–Trinajstić information content (AvgIpc) is 2.05. The summed E-state index contributed by atoms with van der Waals surface area (Å²) in [6.45, 7) is 4.48. The second kappa shape index (κ2) is 7.44. The van der Waals surface area contributed by atoms with E-state index in [9.17, 15) is 0 Å². The molecule has 0 saturated carbocycles. The van der Waals surface area contributed by atoms with Gasteiger partial charge in [-0.1, -0.05) is 37.1 Å². The van der Waals surface area contributed by atoms with Crippen molar-refractivity contribution in [1.29, 1.82) is 0 Å². The van der Waals surface area contributed by atoms with Crippen LogP contribution in [0.5, 0.6) is 0 Å². The summed E-state index contributed by atoms with van der Waals surface area (Å²) in [5.74, 6) is 0.723. The van der Waals surface area contributed by atoms with Gasteiger partial charge in [-0.2, -0.15) is 0 Å². The highest BCUT2D eigenvalue weighted by Crippen LogP contribution is 2.26. The van der Waals surface area contributed by atoms with Crippen molar-refractivity contribution in [2.24, 2.45) is 5.92 Å². The van der Waals surface area contributed by atoms with Crippen molar-refractivity contribution in [3.05, 3.63) is 11.5 Å². The Morgan fingerprint density at radius 2 is 2.18 bits per heavy atom. The van der Waals surface area contributed by atoms with E-state index in [0.717, 1.165) is 5.92 Å². The van der Waals surface area contributed by atoms with Crippen LogP contribution >= 0.6 is 34.2 Å². The van der Waals surface area contributed by atoms with Gasteiger partial charge in [0, 0.05) is 5.25 Å². The fraction of sp³-hybridized carbons (Fsp3) is 0.750. The van der Waals surface area contributed by atoms with Crippen molar-refractivity contribution in [2.45, 2.75) is 25.5 Å². The molecule has 0 fully saturated rings. The van der Waals surface area contributed by atoms with Crippen LogP contribution in [0.15, 0.2) is 11.5 Å². The summed E-state index contributed by atoms with van der Waals surface area (Å²) in [4.78, 5) is 0. The van der Waals surface area contributed by atoms with Gasteiger partial charge in [-0.15, -0.1) is 23.4 Å². The van der Waals surface area contributed by atoms with Crippen LogP contribution in [0.25, 0.3) is 0 Å². The van der Waals surface area contributed by atoms with E-state index in [1.165, 1.54) is 6.42 Å². The Balaban J connectivity index is 3.83. The van der Waals surface area contributed by atoms with Gasteiger partial charge in [0.1, 0.15) is 0 Å². The normalized spacial score (nSPS) is 17.1. The summed E-state index contributed by atoms with van der Waals surface area (Å²) < 4.78 is 0. The van der Waals surface area contributed by atoms with Gasteiger partial charge in [0.15, 0.2) is 0 Å². The first-order chi connectivity index (χ1) is 5.26. The molecule has 2 atom stereocenters. The van der Waals surface area contributed by atoms with E-state index in [-0.39, 0.29) is 0 Å². The molecule has 2 unspecified atom stereocenters. The predicted octanol–water partition coefficient (Wildman–Crippen LogP) is 3.86. The molecule has 0 aliphatic carbocycles. The summed E-state index contributed by atoms with van der Waals surface area (Å²) in [5.41, 5.74) is 0. The molecule has 0 amide bonds. The van der Waals surface area contributed by atoms with Crippen LogP contribution < -0.4 is 0 Å². The maximum absolute atomic E-state index is 4.24. The topological polar surface area (TPSA) is 0 Å². The molecule has 0 aliphatic heterocycles. The van der Waals surface area contributed by atoms with Gasteiger partial charge in [-0.05, 0) is 17.6 Å². The van der Waals surface area contributed by atoms with Crippen molar-refractivity contribution in [3.63, 3.8) is 0 Å². The third-order valence-electron chi connectivity index (χ3n) is 1.73. The lowest BCUT2D eigenvalue weighted by molar-refractivity contribution is 0.586. The zero-order valence-electron chi connectivity index (χ0n) is 7.28. The molecule has 0 aromatic heterocycles. The lowest BCUT2D eigenvalue weighted by atomic mass is 10.1. The Morgan fingerprint density at radius 1 is 1.55 bits per heavy atom. The number of thioether (sulfide) groups is 1. The molecule has 11 heavy (non-hydrogen) atoms. The van der Waals surface area contributed by atoms with E-state index >= 15 is 0 Å². The van der Waals surface area contributed by atoms with Gasteiger partial charge in [0.2, 0.25) is 0 Å². The molecule has 3 heteroatoms. The summed E-state index contributed by atoms with van der Waals surface area (Å²) >= 11 is 5.98. The van der Waals surface area contributed by atoms with Gasteiger partial charge in [0.05, 0.1) is 0 Å². The molecule has 0 heterocycles. The van der Waals surface area contributed by atoms with Gasteiger partial charge in [-0.3, -0.25) is 0 Å². The van der Waals surface area contributed by atoms with Crippen LogP contribution in [-0.4, -0.2) is 11.5 Å². The van der Waals surface area contributed by atoms with Crippen LogP contribution in [0.3, 0.4) is 0 Å². The lowest BCUT2D eigenvalue weighted by Crippen LogP contribution is -2.08. The Hall–Kier alpha value is 0.790. The molecule has 0 radical (unpaired) electrons. The fourth-order valence-electron chi connectivity index (χ4n) is 0.717. The van der Waals surface area contributed by atoms with Crippen LogP contribution in [-0.2, 0) is 0 Å². The SMILES string of the molecule is CCC(C)C(C=CSC)SS. The van der Waals surface area contributed by atoms with E-state index < -0.39 is 0 Å². The van der Waals surface area contributed by atoms with E-state index in [1.807, 2.05) is 0 Å². The third kappa shape index (κ3) is 5.10. The van der Waals surface area contributed by atoms with Crippen LogP contribution in [0.4, 0.5) is 0 Å². The molecule has 0 aromatic rings. The minimum Gasteiger partial charge on any atom is -0.138 e. The standard InChI is InChI=1S/C8H16S3/c1-4-7(2)8(11-9)5-6-10-3/h5-9H,4H2,1-3H3. The van der Waals surface area contributed by atoms with Gasteiger partial charge >= 0.3 is 0 Å². The van der Waals surface area contributed by atoms with Crippen LogP contribution in [0.1, 0.15) is 20.3 Å². The smallest absolute Gasteiger partial charge is 0.0362 e. The first kappa shape index (κ1) is 11.8. The second-order valence-corrected chi connectivity index (χ2v) is 4.65. The number of thiol groups is 1. The van der Waals surface area contributed by atoms with Crippen LogP contribution in [0.2, 0.25) is 0 Å². The molecule has 0 rings (SSSR count). The minimum absolute atomic E-state index is 0.566. The highest BCUT2D eigenvalue weighted by Gasteiger charge is 2.10.